The van der Waals surface area contributed by atoms with Crippen LogP contribution in [0.3, 0.4) is 0 Å². The van der Waals surface area contributed by atoms with Crippen molar-refractivity contribution in [1.29, 1.82) is 0 Å². The normalized spacial score (nSPS) is 12.8. The van der Waals surface area contributed by atoms with Crippen LogP contribution < -0.4 is 4.90 Å². The lowest BCUT2D eigenvalue weighted by Crippen LogP contribution is -2.17. The van der Waals surface area contributed by atoms with Crippen molar-refractivity contribution < 1.29 is 0 Å². The predicted molar refractivity (Wildman–Crippen MR) is 248 cm³/mol. The van der Waals surface area contributed by atoms with Gasteiger partial charge in [-0.25, -0.2) is 0 Å². The van der Waals surface area contributed by atoms with Crippen LogP contribution >= 0.6 is 0 Å². The van der Waals surface area contributed by atoms with E-state index >= 15 is 0 Å². The van der Waals surface area contributed by atoms with Crippen LogP contribution in [-0.4, -0.2) is 0 Å². The van der Waals surface area contributed by atoms with Crippen molar-refractivity contribution in [3.05, 3.63) is 223 Å². The van der Waals surface area contributed by atoms with Crippen LogP contribution in [0, 0.1) is 0 Å². The molecule has 0 bridgehead atoms. The molecule has 0 radical (unpaired) electrons. The van der Waals surface area contributed by atoms with E-state index in [1.807, 2.05) is 0 Å². The van der Waals surface area contributed by atoms with Crippen LogP contribution in [0.15, 0.2) is 212 Å². The maximum Gasteiger partial charge on any atom is 0.0546 e. The van der Waals surface area contributed by atoms with Gasteiger partial charge in [0.25, 0.3) is 0 Å². The Balaban J connectivity index is 1.03. The summed E-state index contributed by atoms with van der Waals surface area (Å²) < 4.78 is 0. The number of benzene rings is 10. The van der Waals surface area contributed by atoms with Gasteiger partial charge in [-0.1, -0.05) is 184 Å². The van der Waals surface area contributed by atoms with Crippen LogP contribution in [0.25, 0.3) is 76.8 Å². The van der Waals surface area contributed by atoms with E-state index in [1.165, 1.54) is 93.6 Å². The van der Waals surface area contributed by atoms with E-state index in [1.54, 1.807) is 0 Å². The highest BCUT2D eigenvalue weighted by Gasteiger charge is 2.36. The minimum absolute atomic E-state index is 0.197. The van der Waals surface area contributed by atoms with Gasteiger partial charge in [0.05, 0.1) is 5.69 Å². The van der Waals surface area contributed by atoms with Crippen molar-refractivity contribution in [2.75, 3.05) is 4.90 Å². The Hall–Kier alpha value is -7.22. The summed E-state index contributed by atoms with van der Waals surface area (Å²) in [5.74, 6) is 0. The number of fused-ring (bicyclic) bond motifs is 7. The second-order valence-electron chi connectivity index (χ2n) is 16.2. The lowest BCUT2D eigenvalue weighted by Gasteiger charge is -2.29. The minimum atomic E-state index is -0.197. The fourth-order valence-electron chi connectivity index (χ4n) is 9.35. The number of hydrogen-bond acceptors (Lipinski definition) is 1. The summed E-state index contributed by atoms with van der Waals surface area (Å²) in [4.78, 5) is 2.47. The molecular formula is C57H41N. The van der Waals surface area contributed by atoms with Crippen LogP contribution in [0.4, 0.5) is 17.1 Å². The Morgan fingerprint density at radius 2 is 0.793 bits per heavy atom. The Kier molecular flexibility index (Phi) is 7.91. The zero-order valence-corrected chi connectivity index (χ0v) is 32.7. The zero-order chi connectivity index (χ0) is 38.8. The molecule has 58 heavy (non-hydrogen) atoms. The first kappa shape index (κ1) is 34.1. The molecule has 0 saturated heterocycles. The van der Waals surface area contributed by atoms with E-state index in [0.29, 0.717) is 0 Å². The smallest absolute Gasteiger partial charge is 0.0546 e. The second-order valence-corrected chi connectivity index (χ2v) is 16.2. The van der Waals surface area contributed by atoms with E-state index in [2.05, 4.69) is 231 Å². The highest BCUT2D eigenvalue weighted by molar-refractivity contribution is 6.14. The third kappa shape index (κ3) is 5.62. The van der Waals surface area contributed by atoms with Crippen molar-refractivity contribution in [3.8, 4) is 44.5 Å². The molecule has 1 aliphatic carbocycles. The molecule has 0 unspecified atom stereocenters. The number of hydrogen-bond donors (Lipinski definition) is 0. The van der Waals surface area contributed by atoms with Gasteiger partial charge in [0.1, 0.15) is 0 Å². The second kappa shape index (κ2) is 13.5. The standard InChI is InChI=1S/C57H41N/c1-57(2)54-35-45(41-22-20-40(21-23-41)38-12-4-3-5-13-38)28-32-51(54)52-33-31-48(37-55(52)57)58(56-36-46-16-8-9-17-49(46)50-18-10-11-19-53(50)56)47-29-26-42(27-30-47)44-25-24-39-14-6-7-15-43(39)34-44/h3-37H,1-2H3. The molecule has 0 atom stereocenters. The largest absolute Gasteiger partial charge is 0.310 e. The Morgan fingerprint density at radius 1 is 0.310 bits per heavy atom. The molecule has 274 valence electrons. The molecule has 0 saturated carbocycles. The molecule has 10 aromatic carbocycles. The molecule has 0 N–H and O–H groups in total. The Labute approximate surface area is 340 Å². The number of anilines is 3. The molecule has 11 rings (SSSR count). The number of rotatable bonds is 6. The Morgan fingerprint density at radius 3 is 1.53 bits per heavy atom. The summed E-state index contributed by atoms with van der Waals surface area (Å²) in [7, 11) is 0. The van der Waals surface area contributed by atoms with Gasteiger partial charge >= 0.3 is 0 Å². The molecule has 1 heteroatoms. The first-order valence-electron chi connectivity index (χ1n) is 20.2. The van der Waals surface area contributed by atoms with Gasteiger partial charge in [0, 0.05) is 22.2 Å². The van der Waals surface area contributed by atoms with Crippen molar-refractivity contribution in [2.24, 2.45) is 0 Å². The van der Waals surface area contributed by atoms with E-state index in [9.17, 15) is 0 Å². The van der Waals surface area contributed by atoms with Gasteiger partial charge in [-0.15, -0.1) is 0 Å². The third-order valence-electron chi connectivity index (χ3n) is 12.4. The average molecular weight is 740 g/mol. The van der Waals surface area contributed by atoms with E-state index < -0.39 is 0 Å². The molecule has 10 aromatic rings. The van der Waals surface area contributed by atoms with Crippen molar-refractivity contribution in [1.82, 2.24) is 0 Å². The SMILES string of the molecule is CC1(C)c2cc(-c3ccc(-c4ccccc4)cc3)ccc2-c2ccc(N(c3ccc(-c4ccc5ccccc5c4)cc3)c3cc4ccccc4c4ccccc34)cc21. The van der Waals surface area contributed by atoms with Gasteiger partial charge in [-0.05, 0) is 125 Å². The monoisotopic (exact) mass is 739 g/mol. The fourth-order valence-corrected chi connectivity index (χ4v) is 9.35. The fraction of sp³-hybridized carbons (Fsp3) is 0.0526. The lowest BCUT2D eigenvalue weighted by molar-refractivity contribution is 0.660. The first-order valence-corrected chi connectivity index (χ1v) is 20.2. The van der Waals surface area contributed by atoms with Crippen molar-refractivity contribution >= 4 is 49.4 Å². The average Bonchev–Trinajstić information content (AvgIpc) is 3.51. The highest BCUT2D eigenvalue weighted by atomic mass is 15.1. The Bertz CT molecular complexity index is 3170. The van der Waals surface area contributed by atoms with Gasteiger partial charge in [0.2, 0.25) is 0 Å². The van der Waals surface area contributed by atoms with Gasteiger partial charge in [-0.3, -0.25) is 0 Å². The van der Waals surface area contributed by atoms with Gasteiger partial charge in [-0.2, -0.15) is 0 Å². The van der Waals surface area contributed by atoms with E-state index in [4.69, 9.17) is 0 Å². The molecule has 0 aliphatic heterocycles. The summed E-state index contributed by atoms with van der Waals surface area (Å²) in [5, 5.41) is 7.49. The lowest BCUT2D eigenvalue weighted by atomic mass is 9.81. The molecule has 1 nitrogen and oxygen atoms in total. The molecule has 0 aromatic heterocycles. The molecule has 0 fully saturated rings. The van der Waals surface area contributed by atoms with Crippen molar-refractivity contribution in [3.63, 3.8) is 0 Å². The predicted octanol–water partition coefficient (Wildman–Crippen LogP) is 15.9. The summed E-state index contributed by atoms with van der Waals surface area (Å²) in [5.41, 5.74) is 16.0. The topological polar surface area (TPSA) is 3.24 Å². The molecule has 0 heterocycles. The number of nitrogens with zero attached hydrogens (tertiary/aromatic N) is 1. The summed E-state index contributed by atoms with van der Waals surface area (Å²) in [6, 6.07) is 78.2. The van der Waals surface area contributed by atoms with E-state index in [-0.39, 0.29) is 5.41 Å². The summed E-state index contributed by atoms with van der Waals surface area (Å²) in [6.45, 7) is 4.77. The van der Waals surface area contributed by atoms with E-state index in [0.717, 1.165) is 11.4 Å². The minimum Gasteiger partial charge on any atom is -0.310 e. The molecular weight excluding hydrogens is 699 g/mol. The third-order valence-corrected chi connectivity index (χ3v) is 12.4. The summed E-state index contributed by atoms with van der Waals surface area (Å²) >= 11 is 0. The highest BCUT2D eigenvalue weighted by Crippen LogP contribution is 2.52. The zero-order valence-electron chi connectivity index (χ0n) is 32.7. The summed E-state index contributed by atoms with van der Waals surface area (Å²) in [6.07, 6.45) is 0. The maximum absolute atomic E-state index is 2.47. The van der Waals surface area contributed by atoms with Crippen LogP contribution in [-0.2, 0) is 5.41 Å². The van der Waals surface area contributed by atoms with Gasteiger partial charge in [0.15, 0.2) is 0 Å². The van der Waals surface area contributed by atoms with Crippen LogP contribution in [0.2, 0.25) is 0 Å². The molecule has 1 aliphatic rings. The quantitative estimate of drug-likeness (QED) is 0.154. The molecule has 0 spiro atoms. The van der Waals surface area contributed by atoms with Gasteiger partial charge < -0.3 is 4.90 Å². The first-order chi connectivity index (χ1) is 28.5. The van der Waals surface area contributed by atoms with Crippen LogP contribution in [0.1, 0.15) is 25.0 Å². The molecule has 0 amide bonds. The van der Waals surface area contributed by atoms with Crippen molar-refractivity contribution in [2.45, 2.75) is 19.3 Å². The maximum atomic E-state index is 2.47. The van der Waals surface area contributed by atoms with Crippen LogP contribution in [0.5, 0.6) is 0 Å².